The lowest BCUT2D eigenvalue weighted by Crippen LogP contribution is -2.43. The zero-order chi connectivity index (χ0) is 14.5. The molecule has 1 aliphatic rings. The summed E-state index contributed by atoms with van der Waals surface area (Å²) < 4.78 is 0. The lowest BCUT2D eigenvalue weighted by molar-refractivity contribution is -0.143. The average molecular weight is 296 g/mol. The third kappa shape index (κ3) is 3.56. The topological polar surface area (TPSA) is 79.3 Å². The molecule has 1 saturated carbocycles. The van der Waals surface area contributed by atoms with Crippen LogP contribution >= 0.6 is 11.3 Å². The molecule has 0 radical (unpaired) electrons. The minimum Gasteiger partial charge on any atom is -0.481 e. The highest BCUT2D eigenvalue weighted by Crippen LogP contribution is 2.24. The smallest absolute Gasteiger partial charge is 0.308 e. The van der Waals surface area contributed by atoms with Crippen molar-refractivity contribution in [3.05, 3.63) is 16.1 Å². The molecule has 110 valence electrons. The van der Waals surface area contributed by atoms with Gasteiger partial charge in [-0.2, -0.15) is 0 Å². The Morgan fingerprint density at radius 3 is 2.60 bits per heavy atom. The van der Waals surface area contributed by atoms with Gasteiger partial charge in [-0.3, -0.25) is 9.59 Å². The Morgan fingerprint density at radius 1 is 1.30 bits per heavy atom. The molecule has 0 bridgehead atoms. The zero-order valence-electron chi connectivity index (χ0n) is 11.6. The number of carboxylic acid groups (broad SMARTS) is 1. The van der Waals surface area contributed by atoms with Crippen LogP contribution in [-0.4, -0.2) is 28.0 Å². The van der Waals surface area contributed by atoms with Crippen LogP contribution < -0.4 is 5.32 Å². The van der Waals surface area contributed by atoms with Crippen LogP contribution in [0.5, 0.6) is 0 Å². The van der Waals surface area contributed by atoms with Crippen molar-refractivity contribution in [2.24, 2.45) is 5.92 Å². The van der Waals surface area contributed by atoms with Crippen LogP contribution in [0.3, 0.4) is 0 Å². The fourth-order valence-corrected chi connectivity index (χ4v) is 3.41. The highest BCUT2D eigenvalue weighted by Gasteiger charge is 2.30. The van der Waals surface area contributed by atoms with Crippen molar-refractivity contribution < 1.29 is 14.7 Å². The highest BCUT2D eigenvalue weighted by molar-refractivity contribution is 7.11. The van der Waals surface area contributed by atoms with E-state index in [0.717, 1.165) is 32.1 Å². The fraction of sp³-hybridized carbons (Fsp3) is 0.643. The summed E-state index contributed by atoms with van der Waals surface area (Å²) in [4.78, 5) is 28.3. The third-order valence-electron chi connectivity index (χ3n) is 3.85. The number of aryl methyl sites for hydroxylation is 1. The summed E-state index contributed by atoms with van der Waals surface area (Å²) >= 11 is 1.29. The minimum absolute atomic E-state index is 0.193. The maximum Gasteiger partial charge on any atom is 0.308 e. The first kappa shape index (κ1) is 15.0. The summed E-state index contributed by atoms with van der Waals surface area (Å²) in [6.45, 7) is 1.79. The molecule has 1 fully saturated rings. The Morgan fingerprint density at radius 2 is 2.00 bits per heavy atom. The molecule has 1 aliphatic carbocycles. The second-order valence-electron chi connectivity index (χ2n) is 5.28. The van der Waals surface area contributed by atoms with Crippen LogP contribution in [0.4, 0.5) is 0 Å². The van der Waals surface area contributed by atoms with E-state index in [0.29, 0.717) is 17.0 Å². The predicted octanol–water partition coefficient (Wildman–Crippen LogP) is 2.60. The van der Waals surface area contributed by atoms with E-state index in [9.17, 15) is 14.7 Å². The largest absolute Gasteiger partial charge is 0.481 e. The van der Waals surface area contributed by atoms with Gasteiger partial charge in [-0.1, -0.05) is 25.7 Å². The summed E-state index contributed by atoms with van der Waals surface area (Å²) in [5.41, 5.74) is 2.34. The van der Waals surface area contributed by atoms with E-state index >= 15 is 0 Å². The third-order valence-corrected chi connectivity index (χ3v) is 4.78. The molecular formula is C14H20N2O3S. The average Bonchev–Trinajstić information content (AvgIpc) is 2.78. The molecule has 20 heavy (non-hydrogen) atoms. The molecule has 5 nitrogen and oxygen atoms in total. The van der Waals surface area contributed by atoms with Crippen molar-refractivity contribution in [3.63, 3.8) is 0 Å². The van der Waals surface area contributed by atoms with Crippen molar-refractivity contribution in [3.8, 4) is 0 Å². The van der Waals surface area contributed by atoms with E-state index in [1.807, 2.05) is 0 Å². The number of nitrogens with one attached hydrogen (secondary N) is 1. The molecule has 2 N–H and O–H groups in total. The number of hydrogen-bond donors (Lipinski definition) is 2. The molecule has 2 rings (SSSR count). The molecule has 0 spiro atoms. The molecule has 1 aromatic heterocycles. The van der Waals surface area contributed by atoms with Gasteiger partial charge in [-0.15, -0.1) is 11.3 Å². The molecule has 0 saturated heterocycles. The molecule has 1 amide bonds. The van der Waals surface area contributed by atoms with Crippen molar-refractivity contribution in [2.45, 2.75) is 51.5 Å². The van der Waals surface area contributed by atoms with Gasteiger partial charge in [-0.25, -0.2) is 4.98 Å². The molecular weight excluding hydrogens is 276 g/mol. The molecule has 6 heteroatoms. The van der Waals surface area contributed by atoms with Gasteiger partial charge in [0.1, 0.15) is 4.88 Å². The predicted molar refractivity (Wildman–Crippen MR) is 76.9 cm³/mol. The lowest BCUT2D eigenvalue weighted by atomic mass is 9.86. The Labute approximate surface area is 122 Å². The van der Waals surface area contributed by atoms with E-state index in [2.05, 4.69) is 10.3 Å². The SMILES string of the molecule is Cc1ncsc1C(=O)NC1CCCCCCC1C(=O)O. The number of rotatable bonds is 3. The summed E-state index contributed by atoms with van der Waals surface area (Å²) in [7, 11) is 0. The maximum atomic E-state index is 12.2. The summed E-state index contributed by atoms with van der Waals surface area (Å²) in [5, 5.41) is 12.3. The van der Waals surface area contributed by atoms with E-state index in [1.54, 1.807) is 12.4 Å². The van der Waals surface area contributed by atoms with Gasteiger partial charge < -0.3 is 10.4 Å². The first-order valence-corrected chi connectivity index (χ1v) is 7.91. The number of aromatic nitrogens is 1. The number of aliphatic carboxylic acids is 1. The summed E-state index contributed by atoms with van der Waals surface area (Å²) in [6, 6.07) is -0.276. The van der Waals surface area contributed by atoms with Crippen molar-refractivity contribution in [1.29, 1.82) is 0 Å². The number of carbonyl (C=O) groups is 2. The Hall–Kier alpha value is -1.43. The number of hydrogen-bond acceptors (Lipinski definition) is 4. The van der Waals surface area contributed by atoms with Crippen LogP contribution in [0.25, 0.3) is 0 Å². The van der Waals surface area contributed by atoms with Gasteiger partial charge in [-0.05, 0) is 19.8 Å². The number of nitrogens with zero attached hydrogens (tertiary/aromatic N) is 1. The quantitative estimate of drug-likeness (QED) is 0.898. The molecule has 1 heterocycles. The Bertz CT molecular complexity index is 487. The van der Waals surface area contributed by atoms with E-state index in [4.69, 9.17) is 0 Å². The molecule has 1 aromatic rings. The Balaban J connectivity index is 2.08. The summed E-state index contributed by atoms with van der Waals surface area (Å²) in [5.74, 6) is -1.48. The number of carboxylic acids is 1. The van der Waals surface area contributed by atoms with Gasteiger partial charge in [0.25, 0.3) is 5.91 Å². The molecule has 2 atom stereocenters. The number of amides is 1. The number of carbonyl (C=O) groups excluding carboxylic acids is 1. The molecule has 0 aliphatic heterocycles. The zero-order valence-corrected chi connectivity index (χ0v) is 12.4. The van der Waals surface area contributed by atoms with Gasteiger partial charge in [0.15, 0.2) is 0 Å². The van der Waals surface area contributed by atoms with Crippen molar-refractivity contribution >= 4 is 23.2 Å². The van der Waals surface area contributed by atoms with E-state index in [-0.39, 0.29) is 11.9 Å². The van der Waals surface area contributed by atoms with Crippen LogP contribution in [0.1, 0.15) is 53.9 Å². The highest BCUT2D eigenvalue weighted by atomic mass is 32.1. The summed E-state index contributed by atoms with van der Waals surface area (Å²) in [6.07, 6.45) is 5.46. The van der Waals surface area contributed by atoms with Gasteiger partial charge in [0.05, 0.1) is 17.1 Å². The molecule has 0 aromatic carbocycles. The van der Waals surface area contributed by atoms with Crippen molar-refractivity contribution in [2.75, 3.05) is 0 Å². The normalized spacial score (nSPS) is 23.6. The standard InChI is InChI=1S/C14H20N2O3S/c1-9-12(20-8-15-9)13(17)16-11-7-5-3-2-4-6-10(11)14(18)19/h8,10-11H,2-7H2,1H3,(H,16,17)(H,18,19). The minimum atomic E-state index is -0.807. The van der Waals surface area contributed by atoms with Gasteiger partial charge in [0.2, 0.25) is 0 Å². The van der Waals surface area contributed by atoms with Gasteiger partial charge in [0, 0.05) is 6.04 Å². The molecule has 2 unspecified atom stereocenters. The second kappa shape index (κ2) is 6.83. The monoisotopic (exact) mass is 296 g/mol. The van der Waals surface area contributed by atoms with Crippen LogP contribution in [0.15, 0.2) is 5.51 Å². The van der Waals surface area contributed by atoms with Crippen LogP contribution in [-0.2, 0) is 4.79 Å². The van der Waals surface area contributed by atoms with E-state index < -0.39 is 11.9 Å². The van der Waals surface area contributed by atoms with Crippen molar-refractivity contribution in [1.82, 2.24) is 10.3 Å². The first-order valence-electron chi connectivity index (χ1n) is 7.03. The Kier molecular flexibility index (Phi) is 5.11. The second-order valence-corrected chi connectivity index (χ2v) is 6.14. The van der Waals surface area contributed by atoms with Crippen LogP contribution in [0.2, 0.25) is 0 Å². The van der Waals surface area contributed by atoms with Crippen LogP contribution in [0, 0.1) is 12.8 Å². The first-order chi connectivity index (χ1) is 9.59. The van der Waals surface area contributed by atoms with Gasteiger partial charge >= 0.3 is 5.97 Å². The number of thiazole rings is 1. The van der Waals surface area contributed by atoms with E-state index in [1.165, 1.54) is 11.3 Å². The maximum absolute atomic E-state index is 12.2. The fourth-order valence-electron chi connectivity index (χ4n) is 2.71. The lowest BCUT2D eigenvalue weighted by Gasteiger charge is -2.27.